The number of ether oxygens (including phenoxy) is 6. The first kappa shape index (κ1) is 47.9. The Kier molecular flexibility index (Phi) is 19.6. The van der Waals surface area contributed by atoms with Gasteiger partial charge in [-0.25, -0.2) is 0 Å². The van der Waals surface area contributed by atoms with Crippen molar-refractivity contribution in [3.63, 3.8) is 0 Å². The van der Waals surface area contributed by atoms with Crippen LogP contribution in [0.4, 0.5) is 0 Å². The smallest absolute Gasteiger partial charge is 0.310 e. The van der Waals surface area contributed by atoms with Crippen LogP contribution in [0.3, 0.4) is 0 Å². The van der Waals surface area contributed by atoms with Gasteiger partial charge < -0.3 is 28.4 Å². The summed E-state index contributed by atoms with van der Waals surface area (Å²) in [5, 5.41) is 0. The van der Waals surface area contributed by atoms with Crippen LogP contribution in [0.1, 0.15) is 54.2 Å². The predicted molar refractivity (Wildman–Crippen MR) is 247 cm³/mol. The molecule has 0 spiro atoms. The minimum absolute atomic E-state index is 0.0383. The Bertz CT molecular complexity index is 2480. The summed E-state index contributed by atoms with van der Waals surface area (Å²) in [6.07, 6.45) is -0.567. The molecule has 0 amide bonds. The van der Waals surface area contributed by atoms with Gasteiger partial charge in [-0.3, -0.25) is 9.59 Å². The van der Waals surface area contributed by atoms with E-state index in [9.17, 15) is 9.59 Å². The second-order valence-corrected chi connectivity index (χ2v) is 14.5. The molecule has 0 aromatic heterocycles. The van der Waals surface area contributed by atoms with Gasteiger partial charge in [-0.15, -0.1) is 0 Å². The molecule has 4 aromatic rings. The van der Waals surface area contributed by atoms with Crippen molar-refractivity contribution in [1.29, 1.82) is 0 Å². The highest BCUT2D eigenvalue weighted by molar-refractivity contribution is 5.73. The Morgan fingerprint density at radius 3 is 1.35 bits per heavy atom. The second kappa shape index (κ2) is 25.8. The zero-order valence-electron chi connectivity index (χ0n) is 36.4. The molecule has 0 aliphatic carbocycles. The molecule has 320 valence electrons. The number of carbonyl (C=O) groups excluding carboxylic acids is 2. The number of allylic oxidation sites excluding steroid dienone is 2. The molecule has 0 saturated heterocycles. The van der Waals surface area contributed by atoms with E-state index >= 15 is 0 Å². The lowest BCUT2D eigenvalue weighted by Crippen LogP contribution is -2.30. The largest absolute Gasteiger partial charge is 0.490 e. The van der Waals surface area contributed by atoms with Gasteiger partial charge in [-0.1, -0.05) is 104 Å². The Hall–Kier alpha value is -7.78. The van der Waals surface area contributed by atoms with Crippen LogP contribution in [0.25, 0.3) is 0 Å². The zero-order chi connectivity index (χ0) is 45.4. The van der Waals surface area contributed by atoms with Gasteiger partial charge in [0.1, 0.15) is 49.4 Å². The average molecular weight is 841 g/mol. The Labute approximate surface area is 372 Å². The van der Waals surface area contributed by atoms with Crippen LogP contribution in [0, 0.1) is 54.3 Å². The maximum atomic E-state index is 13.1. The molecule has 2 atom stereocenters. The van der Waals surface area contributed by atoms with Crippen LogP contribution >= 0.6 is 0 Å². The summed E-state index contributed by atoms with van der Waals surface area (Å²) in [6.45, 7) is 23.0. The molecule has 2 unspecified atom stereocenters. The molecule has 8 nitrogen and oxygen atoms in total. The minimum atomic E-state index is -0.716. The first-order valence-corrected chi connectivity index (χ1v) is 20.2. The summed E-state index contributed by atoms with van der Waals surface area (Å²) in [6, 6.07) is 30.4. The average Bonchev–Trinajstić information content (AvgIpc) is 3.27. The monoisotopic (exact) mass is 840 g/mol. The molecule has 63 heavy (non-hydrogen) atoms. The third-order valence-corrected chi connectivity index (χ3v) is 8.98. The molecule has 4 rings (SSSR count). The fourth-order valence-electron chi connectivity index (χ4n) is 5.38. The number of hydrogen-bond donors (Lipinski definition) is 0. The first-order chi connectivity index (χ1) is 30.4. The van der Waals surface area contributed by atoms with Crippen LogP contribution in [-0.2, 0) is 47.8 Å². The normalized spacial score (nSPS) is 10.7. The summed E-state index contributed by atoms with van der Waals surface area (Å²) in [5.74, 6) is 22.7. The zero-order valence-corrected chi connectivity index (χ0v) is 36.4. The summed E-state index contributed by atoms with van der Waals surface area (Å²) < 4.78 is 34.9. The van der Waals surface area contributed by atoms with E-state index in [1.807, 2.05) is 79.7 Å². The molecule has 0 bridgehead atoms. The maximum Gasteiger partial charge on any atom is 0.310 e. The van der Waals surface area contributed by atoms with E-state index in [0.717, 1.165) is 33.4 Å². The molecule has 4 aromatic carbocycles. The molecular formula is C55H52O8. The molecule has 0 N–H and O–H groups in total. The topological polar surface area (TPSA) is 89.5 Å². The van der Waals surface area contributed by atoms with E-state index in [2.05, 4.69) is 73.7 Å². The first-order valence-electron chi connectivity index (χ1n) is 20.2. The Balaban J connectivity index is 1.27. The third-order valence-electron chi connectivity index (χ3n) is 8.98. The van der Waals surface area contributed by atoms with Crippen LogP contribution in [0.15, 0.2) is 146 Å². The van der Waals surface area contributed by atoms with Gasteiger partial charge >= 0.3 is 11.9 Å². The molecule has 0 radical (unpaired) electrons. The van der Waals surface area contributed by atoms with E-state index in [-0.39, 0.29) is 39.3 Å². The van der Waals surface area contributed by atoms with Gasteiger partial charge in [0.2, 0.25) is 0 Å². The number of hydrogen-bond acceptors (Lipinski definition) is 8. The second-order valence-electron chi connectivity index (χ2n) is 14.5. The van der Waals surface area contributed by atoms with Crippen molar-refractivity contribution in [3.05, 3.63) is 179 Å². The standard InChI is InChI=1S/C55H52O8/c1-9-10-11-12-13-14-15-16-45-27-31-51(32-28-45)61-39-53(37-59-44(8)41(4)5)63-55(57)35-49-25-21-47(22-26-49)33-46-19-23-48(24-20-46)34-54(56)62-52(36-58-43(7)40(2)3)38-60-50-29-17-42(6)18-30-50/h17-32,52-53H,2,4,7-8,33-39H2,1,3,5-6H3. The van der Waals surface area contributed by atoms with Crippen molar-refractivity contribution in [3.8, 4) is 58.9 Å². The Morgan fingerprint density at radius 2 is 0.921 bits per heavy atom. The number of benzene rings is 4. The summed E-state index contributed by atoms with van der Waals surface area (Å²) in [7, 11) is 0. The van der Waals surface area contributed by atoms with Gasteiger partial charge in [0.25, 0.3) is 0 Å². The van der Waals surface area contributed by atoms with Crippen LogP contribution in [-0.4, -0.2) is 50.6 Å². The van der Waals surface area contributed by atoms with Crippen LogP contribution < -0.4 is 9.47 Å². The fourth-order valence-corrected chi connectivity index (χ4v) is 5.38. The highest BCUT2D eigenvalue weighted by atomic mass is 16.6. The molecule has 0 aliphatic rings. The minimum Gasteiger partial charge on any atom is -0.490 e. The number of rotatable bonds is 22. The van der Waals surface area contributed by atoms with Gasteiger partial charge in [0.05, 0.1) is 12.8 Å². The highest BCUT2D eigenvalue weighted by Gasteiger charge is 2.20. The van der Waals surface area contributed by atoms with Crippen molar-refractivity contribution >= 4 is 11.9 Å². The van der Waals surface area contributed by atoms with E-state index in [1.54, 1.807) is 45.0 Å². The van der Waals surface area contributed by atoms with Crippen LogP contribution in [0.5, 0.6) is 11.5 Å². The van der Waals surface area contributed by atoms with Crippen molar-refractivity contribution in [2.75, 3.05) is 26.4 Å². The lowest BCUT2D eigenvalue weighted by Gasteiger charge is -2.20. The Morgan fingerprint density at radius 1 is 0.524 bits per heavy atom. The fraction of sp³-hybridized carbons (Fsp3) is 0.236. The molecule has 0 fully saturated rings. The van der Waals surface area contributed by atoms with E-state index < -0.39 is 24.1 Å². The van der Waals surface area contributed by atoms with E-state index in [4.69, 9.17) is 28.4 Å². The van der Waals surface area contributed by atoms with Crippen LogP contribution in [0.2, 0.25) is 0 Å². The van der Waals surface area contributed by atoms with Gasteiger partial charge in [0, 0.05) is 5.56 Å². The van der Waals surface area contributed by atoms with Gasteiger partial charge in [-0.2, -0.15) is 0 Å². The van der Waals surface area contributed by atoms with Crippen molar-refractivity contribution in [2.24, 2.45) is 0 Å². The third kappa shape index (κ3) is 18.6. The van der Waals surface area contributed by atoms with Gasteiger partial charge in [-0.05, 0) is 139 Å². The van der Waals surface area contributed by atoms with Crippen molar-refractivity contribution < 1.29 is 38.0 Å². The molecule has 8 heteroatoms. The lowest BCUT2D eigenvalue weighted by atomic mass is 10.0. The van der Waals surface area contributed by atoms with Crippen molar-refractivity contribution in [2.45, 2.75) is 59.2 Å². The van der Waals surface area contributed by atoms with Gasteiger partial charge in [0.15, 0.2) is 12.2 Å². The van der Waals surface area contributed by atoms with Crippen molar-refractivity contribution in [1.82, 2.24) is 0 Å². The predicted octanol–water partition coefficient (Wildman–Crippen LogP) is 9.25. The quantitative estimate of drug-likeness (QED) is 0.0335. The SMILES string of the molecule is C=C(C)C(=C)OCC(COc1ccc(C)cc1)OC(=O)Cc1ccc(Cc2ccc(CC(=O)OC(COC(=C)C(=C)C)COc3ccc(C#CC#CC#CC#CC)cc3)cc2)cc1. The molecule has 0 heterocycles. The molecular weight excluding hydrogens is 789 g/mol. The summed E-state index contributed by atoms with van der Waals surface area (Å²) in [4.78, 5) is 26.1. The number of esters is 2. The molecule has 0 aliphatic heterocycles. The van der Waals surface area contributed by atoms with E-state index in [1.165, 1.54) is 0 Å². The summed E-state index contributed by atoms with van der Waals surface area (Å²) in [5.41, 5.74) is 6.94. The molecule has 0 saturated carbocycles. The maximum absolute atomic E-state index is 13.1. The van der Waals surface area contributed by atoms with E-state index in [0.29, 0.717) is 40.6 Å². The highest BCUT2D eigenvalue weighted by Crippen LogP contribution is 2.18. The summed E-state index contributed by atoms with van der Waals surface area (Å²) >= 11 is 0. The number of carbonyl (C=O) groups is 2. The number of aryl methyl sites for hydroxylation is 1. The lowest BCUT2D eigenvalue weighted by molar-refractivity contribution is -0.153.